The average molecular weight is 253 g/mol. The van der Waals surface area contributed by atoms with Gasteiger partial charge >= 0.3 is 0 Å². The first-order valence-electron chi connectivity index (χ1n) is 6.28. The Hall–Kier alpha value is -2.11. The molecule has 0 aliphatic heterocycles. The highest BCUT2D eigenvalue weighted by molar-refractivity contribution is 5.33. The van der Waals surface area contributed by atoms with Crippen molar-refractivity contribution in [2.75, 3.05) is 6.54 Å². The lowest BCUT2D eigenvalue weighted by Crippen LogP contribution is -2.18. The minimum Gasteiger partial charge on any atom is -0.300 e. The molecule has 0 radical (unpaired) electrons. The van der Waals surface area contributed by atoms with E-state index in [-0.39, 0.29) is 11.9 Å². The summed E-state index contributed by atoms with van der Waals surface area (Å²) in [6, 6.07) is 16.6. The monoisotopic (exact) mass is 253 g/mol. The molecule has 2 aromatic carbocycles. The first kappa shape index (κ1) is 13.3. The molecule has 2 rings (SSSR count). The van der Waals surface area contributed by atoms with Crippen LogP contribution in [-0.4, -0.2) is 6.54 Å². The molecule has 0 amide bonds. The highest BCUT2D eigenvalue weighted by atomic mass is 19.1. The van der Waals surface area contributed by atoms with Crippen LogP contribution in [0, 0.1) is 17.7 Å². The Bertz CT molecular complexity index is 564. The molecule has 0 aromatic heterocycles. The zero-order chi connectivity index (χ0) is 13.5. The Balaban J connectivity index is 1.86. The van der Waals surface area contributed by atoms with E-state index in [1.165, 1.54) is 12.1 Å². The zero-order valence-corrected chi connectivity index (χ0v) is 10.9. The van der Waals surface area contributed by atoms with Gasteiger partial charge in [-0.25, -0.2) is 4.39 Å². The smallest absolute Gasteiger partial charge is 0.123 e. The van der Waals surface area contributed by atoms with E-state index in [1.54, 1.807) is 12.1 Å². The van der Waals surface area contributed by atoms with Crippen molar-refractivity contribution in [3.05, 3.63) is 71.5 Å². The molecule has 96 valence electrons. The Morgan fingerprint density at radius 1 is 1.05 bits per heavy atom. The highest BCUT2D eigenvalue weighted by Crippen LogP contribution is 2.12. The summed E-state index contributed by atoms with van der Waals surface area (Å²) in [4.78, 5) is 0. The van der Waals surface area contributed by atoms with Crippen LogP contribution in [0.3, 0.4) is 0 Å². The SMILES string of the molecule is C[C@@H](NCC#Cc1ccccc1)c1ccc(F)cc1. The van der Waals surface area contributed by atoms with Crippen LogP contribution in [0.15, 0.2) is 54.6 Å². The first-order valence-corrected chi connectivity index (χ1v) is 6.28. The van der Waals surface area contributed by atoms with E-state index in [0.29, 0.717) is 6.54 Å². The van der Waals surface area contributed by atoms with Crippen LogP contribution in [0.4, 0.5) is 4.39 Å². The molecule has 2 heteroatoms. The van der Waals surface area contributed by atoms with Crippen molar-refractivity contribution in [2.45, 2.75) is 13.0 Å². The Kier molecular flexibility index (Phi) is 4.72. The number of halogens is 1. The van der Waals surface area contributed by atoms with E-state index < -0.39 is 0 Å². The largest absolute Gasteiger partial charge is 0.300 e. The molecule has 0 unspecified atom stereocenters. The van der Waals surface area contributed by atoms with E-state index in [1.807, 2.05) is 37.3 Å². The number of nitrogens with one attached hydrogen (secondary N) is 1. The van der Waals surface area contributed by atoms with Gasteiger partial charge < -0.3 is 0 Å². The number of rotatable bonds is 3. The van der Waals surface area contributed by atoms with E-state index in [9.17, 15) is 4.39 Å². The molecule has 0 heterocycles. The van der Waals surface area contributed by atoms with Crippen molar-refractivity contribution < 1.29 is 4.39 Å². The Morgan fingerprint density at radius 3 is 2.42 bits per heavy atom. The lowest BCUT2D eigenvalue weighted by Gasteiger charge is -2.11. The fraction of sp³-hybridized carbons (Fsp3) is 0.176. The molecule has 0 fully saturated rings. The second-order valence-electron chi connectivity index (χ2n) is 4.32. The van der Waals surface area contributed by atoms with Crippen LogP contribution in [0.25, 0.3) is 0 Å². The van der Waals surface area contributed by atoms with Crippen LogP contribution in [-0.2, 0) is 0 Å². The maximum Gasteiger partial charge on any atom is 0.123 e. The molecule has 0 aliphatic rings. The van der Waals surface area contributed by atoms with Gasteiger partial charge in [-0.2, -0.15) is 0 Å². The maximum absolute atomic E-state index is 12.8. The number of hydrogen-bond donors (Lipinski definition) is 1. The Morgan fingerprint density at radius 2 is 1.74 bits per heavy atom. The molecule has 0 saturated heterocycles. The maximum atomic E-state index is 12.8. The summed E-state index contributed by atoms with van der Waals surface area (Å²) in [5, 5.41) is 3.29. The van der Waals surface area contributed by atoms with E-state index in [0.717, 1.165) is 11.1 Å². The van der Waals surface area contributed by atoms with E-state index in [4.69, 9.17) is 0 Å². The molecular weight excluding hydrogens is 237 g/mol. The van der Waals surface area contributed by atoms with Crippen LogP contribution in [0.1, 0.15) is 24.1 Å². The first-order chi connectivity index (χ1) is 9.25. The van der Waals surface area contributed by atoms with Crippen molar-refractivity contribution >= 4 is 0 Å². The van der Waals surface area contributed by atoms with Crippen molar-refractivity contribution in [3.63, 3.8) is 0 Å². The average Bonchev–Trinajstić information content (AvgIpc) is 2.45. The molecule has 19 heavy (non-hydrogen) atoms. The van der Waals surface area contributed by atoms with Gasteiger partial charge in [0.15, 0.2) is 0 Å². The lowest BCUT2D eigenvalue weighted by atomic mass is 10.1. The third-order valence-electron chi connectivity index (χ3n) is 2.87. The van der Waals surface area contributed by atoms with Gasteiger partial charge in [0, 0.05) is 11.6 Å². The summed E-state index contributed by atoms with van der Waals surface area (Å²) in [5.41, 5.74) is 2.07. The molecule has 1 atom stereocenters. The number of benzene rings is 2. The summed E-state index contributed by atoms with van der Waals surface area (Å²) in [6.07, 6.45) is 0. The predicted molar refractivity (Wildman–Crippen MR) is 76.1 cm³/mol. The minimum atomic E-state index is -0.209. The quantitative estimate of drug-likeness (QED) is 0.825. The van der Waals surface area contributed by atoms with Gasteiger partial charge in [0.25, 0.3) is 0 Å². The van der Waals surface area contributed by atoms with Crippen LogP contribution >= 0.6 is 0 Å². The van der Waals surface area contributed by atoms with Gasteiger partial charge in [-0.1, -0.05) is 42.2 Å². The lowest BCUT2D eigenvalue weighted by molar-refractivity contribution is 0.609. The van der Waals surface area contributed by atoms with Crippen LogP contribution < -0.4 is 5.32 Å². The van der Waals surface area contributed by atoms with Gasteiger partial charge in [0.1, 0.15) is 5.82 Å². The van der Waals surface area contributed by atoms with Crippen molar-refractivity contribution in [3.8, 4) is 11.8 Å². The predicted octanol–water partition coefficient (Wildman–Crippen LogP) is 3.53. The minimum absolute atomic E-state index is 0.158. The van der Waals surface area contributed by atoms with Crippen LogP contribution in [0.2, 0.25) is 0 Å². The number of hydrogen-bond acceptors (Lipinski definition) is 1. The second kappa shape index (κ2) is 6.72. The molecule has 0 spiro atoms. The summed E-state index contributed by atoms with van der Waals surface area (Å²) in [5.74, 6) is 5.96. The molecular formula is C17H16FN. The van der Waals surface area contributed by atoms with Gasteiger partial charge in [-0.15, -0.1) is 0 Å². The van der Waals surface area contributed by atoms with Crippen molar-refractivity contribution in [2.24, 2.45) is 0 Å². The summed E-state index contributed by atoms with van der Waals surface area (Å²) in [7, 11) is 0. The highest BCUT2D eigenvalue weighted by Gasteiger charge is 2.02. The zero-order valence-electron chi connectivity index (χ0n) is 10.9. The topological polar surface area (TPSA) is 12.0 Å². The normalized spacial score (nSPS) is 11.5. The fourth-order valence-electron chi connectivity index (χ4n) is 1.74. The van der Waals surface area contributed by atoms with E-state index in [2.05, 4.69) is 17.2 Å². The van der Waals surface area contributed by atoms with Gasteiger partial charge in [0.05, 0.1) is 6.54 Å². The molecule has 0 bridgehead atoms. The second-order valence-corrected chi connectivity index (χ2v) is 4.32. The van der Waals surface area contributed by atoms with Gasteiger partial charge in [-0.05, 0) is 36.8 Å². The van der Waals surface area contributed by atoms with Crippen molar-refractivity contribution in [1.82, 2.24) is 5.32 Å². The molecule has 1 N–H and O–H groups in total. The Labute approximate surface area is 113 Å². The van der Waals surface area contributed by atoms with Crippen molar-refractivity contribution in [1.29, 1.82) is 0 Å². The van der Waals surface area contributed by atoms with Gasteiger partial charge in [-0.3, -0.25) is 5.32 Å². The molecule has 0 saturated carbocycles. The third kappa shape index (κ3) is 4.24. The summed E-state index contributed by atoms with van der Waals surface area (Å²) >= 11 is 0. The van der Waals surface area contributed by atoms with E-state index >= 15 is 0 Å². The van der Waals surface area contributed by atoms with Crippen LogP contribution in [0.5, 0.6) is 0 Å². The molecule has 1 nitrogen and oxygen atoms in total. The standard InChI is InChI=1S/C17H16FN/c1-14(16-9-11-17(18)12-10-16)19-13-5-8-15-6-3-2-4-7-15/h2-4,6-7,9-12,14,19H,13H2,1H3/t14-/m1/s1. The summed E-state index contributed by atoms with van der Waals surface area (Å²) < 4.78 is 12.8. The molecule has 2 aromatic rings. The third-order valence-corrected chi connectivity index (χ3v) is 2.87. The fourth-order valence-corrected chi connectivity index (χ4v) is 1.74. The van der Waals surface area contributed by atoms with Gasteiger partial charge in [0.2, 0.25) is 0 Å². The summed E-state index contributed by atoms with van der Waals surface area (Å²) in [6.45, 7) is 2.64. The molecule has 0 aliphatic carbocycles.